The summed E-state index contributed by atoms with van der Waals surface area (Å²) in [6.07, 6.45) is 5.14. The molecule has 1 saturated heterocycles. The molecule has 0 bridgehead atoms. The van der Waals surface area contributed by atoms with E-state index in [0.717, 1.165) is 37.2 Å². The number of nitrogens with zero attached hydrogens (tertiary/aromatic N) is 1. The fourth-order valence-corrected chi connectivity index (χ4v) is 2.52. The van der Waals surface area contributed by atoms with Crippen LogP contribution in [0.3, 0.4) is 0 Å². The molecule has 2 amide bonds. The molecule has 1 aromatic carbocycles. The van der Waals surface area contributed by atoms with Gasteiger partial charge in [0.05, 0.1) is 6.42 Å². The van der Waals surface area contributed by atoms with E-state index in [1.54, 1.807) is 0 Å². The molecule has 1 aromatic rings. The van der Waals surface area contributed by atoms with Crippen molar-refractivity contribution in [1.82, 2.24) is 4.90 Å². The molecule has 20 heavy (non-hydrogen) atoms. The standard InChI is InChI=1S/C16H22N2O2/c1-13(19)17-15-8-6-14(7-9-15)12-16(20)18-10-4-2-3-5-11-18/h6-9H,2-5,10-12H2,1H3,(H,17,19). The molecule has 4 heteroatoms. The van der Waals surface area contributed by atoms with Crippen molar-refractivity contribution in [2.24, 2.45) is 0 Å². The van der Waals surface area contributed by atoms with Gasteiger partial charge >= 0.3 is 0 Å². The van der Waals surface area contributed by atoms with Crippen LogP contribution in [0.15, 0.2) is 24.3 Å². The molecular weight excluding hydrogens is 252 g/mol. The second-order valence-corrected chi connectivity index (χ2v) is 5.35. The van der Waals surface area contributed by atoms with Crippen LogP contribution in [-0.4, -0.2) is 29.8 Å². The van der Waals surface area contributed by atoms with Gasteiger partial charge in [0.15, 0.2) is 0 Å². The van der Waals surface area contributed by atoms with Crippen molar-refractivity contribution in [3.05, 3.63) is 29.8 Å². The number of likely N-dealkylation sites (tertiary alicyclic amines) is 1. The quantitative estimate of drug-likeness (QED) is 0.921. The van der Waals surface area contributed by atoms with E-state index >= 15 is 0 Å². The molecule has 0 saturated carbocycles. The lowest BCUT2D eigenvalue weighted by Crippen LogP contribution is -2.33. The van der Waals surface area contributed by atoms with Gasteiger partial charge in [-0.3, -0.25) is 9.59 Å². The van der Waals surface area contributed by atoms with Crippen LogP contribution >= 0.6 is 0 Å². The monoisotopic (exact) mass is 274 g/mol. The van der Waals surface area contributed by atoms with Crippen LogP contribution in [0.2, 0.25) is 0 Å². The highest BCUT2D eigenvalue weighted by molar-refractivity contribution is 5.88. The summed E-state index contributed by atoms with van der Waals surface area (Å²) >= 11 is 0. The summed E-state index contributed by atoms with van der Waals surface area (Å²) < 4.78 is 0. The number of hydrogen-bond acceptors (Lipinski definition) is 2. The molecule has 4 nitrogen and oxygen atoms in total. The molecule has 1 aliphatic heterocycles. The van der Waals surface area contributed by atoms with Crippen LogP contribution in [0, 0.1) is 0 Å². The van der Waals surface area contributed by atoms with Crippen molar-refractivity contribution in [2.45, 2.75) is 39.0 Å². The summed E-state index contributed by atoms with van der Waals surface area (Å²) in [6, 6.07) is 7.49. The first-order valence-electron chi connectivity index (χ1n) is 7.29. The molecule has 2 rings (SSSR count). The first kappa shape index (κ1) is 14.6. The topological polar surface area (TPSA) is 49.4 Å². The Kier molecular flexibility index (Phi) is 5.16. The Morgan fingerprint density at radius 2 is 1.65 bits per heavy atom. The number of amides is 2. The van der Waals surface area contributed by atoms with E-state index in [9.17, 15) is 9.59 Å². The Bertz CT molecular complexity index is 460. The molecule has 1 heterocycles. The van der Waals surface area contributed by atoms with Crippen molar-refractivity contribution in [3.63, 3.8) is 0 Å². The normalized spacial score (nSPS) is 15.6. The third-order valence-electron chi connectivity index (χ3n) is 3.59. The van der Waals surface area contributed by atoms with E-state index in [1.807, 2.05) is 29.2 Å². The van der Waals surface area contributed by atoms with Crippen LogP contribution in [-0.2, 0) is 16.0 Å². The highest BCUT2D eigenvalue weighted by Crippen LogP contribution is 2.14. The molecule has 0 aliphatic carbocycles. The minimum atomic E-state index is -0.0848. The maximum atomic E-state index is 12.2. The minimum Gasteiger partial charge on any atom is -0.342 e. The maximum Gasteiger partial charge on any atom is 0.226 e. The Balaban J connectivity index is 1.91. The summed E-state index contributed by atoms with van der Waals surface area (Å²) in [7, 11) is 0. The van der Waals surface area contributed by atoms with Crippen molar-refractivity contribution in [1.29, 1.82) is 0 Å². The van der Waals surface area contributed by atoms with Gasteiger partial charge in [0.2, 0.25) is 11.8 Å². The summed E-state index contributed by atoms with van der Waals surface area (Å²) in [5.74, 6) is 0.123. The molecule has 1 aliphatic rings. The van der Waals surface area contributed by atoms with E-state index < -0.39 is 0 Å². The Morgan fingerprint density at radius 1 is 1.05 bits per heavy atom. The third-order valence-corrected chi connectivity index (χ3v) is 3.59. The van der Waals surface area contributed by atoms with Gasteiger partial charge in [0.1, 0.15) is 0 Å². The predicted molar refractivity (Wildman–Crippen MR) is 79.5 cm³/mol. The smallest absolute Gasteiger partial charge is 0.226 e. The van der Waals surface area contributed by atoms with E-state index in [-0.39, 0.29) is 11.8 Å². The molecule has 0 atom stereocenters. The van der Waals surface area contributed by atoms with Crippen LogP contribution in [0.1, 0.15) is 38.2 Å². The van der Waals surface area contributed by atoms with Crippen LogP contribution in [0.25, 0.3) is 0 Å². The summed E-state index contributed by atoms with van der Waals surface area (Å²) in [6.45, 7) is 3.27. The van der Waals surface area contributed by atoms with Crippen molar-refractivity contribution in [3.8, 4) is 0 Å². The first-order valence-corrected chi connectivity index (χ1v) is 7.29. The third kappa shape index (κ3) is 4.37. The molecule has 1 N–H and O–H groups in total. The maximum absolute atomic E-state index is 12.2. The van der Waals surface area contributed by atoms with Gasteiger partial charge in [-0.25, -0.2) is 0 Å². The highest BCUT2D eigenvalue weighted by Gasteiger charge is 2.15. The van der Waals surface area contributed by atoms with Gasteiger partial charge in [-0.05, 0) is 30.5 Å². The van der Waals surface area contributed by atoms with Crippen LogP contribution in [0.5, 0.6) is 0 Å². The minimum absolute atomic E-state index is 0.0848. The molecule has 0 unspecified atom stereocenters. The van der Waals surface area contributed by atoms with Crippen LogP contribution < -0.4 is 5.32 Å². The zero-order chi connectivity index (χ0) is 14.4. The summed E-state index contributed by atoms with van der Waals surface area (Å²) in [4.78, 5) is 25.2. The predicted octanol–water partition coefficient (Wildman–Crippen LogP) is 2.59. The Hall–Kier alpha value is -1.84. The van der Waals surface area contributed by atoms with Gasteiger partial charge in [-0.1, -0.05) is 25.0 Å². The van der Waals surface area contributed by atoms with Crippen LogP contribution in [0.4, 0.5) is 5.69 Å². The Morgan fingerprint density at radius 3 is 2.20 bits per heavy atom. The van der Waals surface area contributed by atoms with E-state index in [1.165, 1.54) is 19.8 Å². The number of carbonyl (C=O) groups excluding carboxylic acids is 2. The van der Waals surface area contributed by atoms with E-state index in [0.29, 0.717) is 6.42 Å². The lowest BCUT2D eigenvalue weighted by atomic mass is 10.1. The van der Waals surface area contributed by atoms with Gasteiger partial charge in [0.25, 0.3) is 0 Å². The fraction of sp³-hybridized carbons (Fsp3) is 0.500. The average molecular weight is 274 g/mol. The number of benzene rings is 1. The second kappa shape index (κ2) is 7.08. The average Bonchev–Trinajstić information content (AvgIpc) is 2.69. The molecule has 0 radical (unpaired) electrons. The number of nitrogens with one attached hydrogen (secondary N) is 1. The van der Waals surface area contributed by atoms with Crippen molar-refractivity contribution >= 4 is 17.5 Å². The number of carbonyl (C=O) groups is 2. The van der Waals surface area contributed by atoms with Gasteiger partial charge in [-0.15, -0.1) is 0 Å². The van der Waals surface area contributed by atoms with Gasteiger partial charge in [0, 0.05) is 25.7 Å². The molecule has 108 valence electrons. The first-order chi connectivity index (χ1) is 9.65. The lowest BCUT2D eigenvalue weighted by Gasteiger charge is -2.20. The van der Waals surface area contributed by atoms with Crippen molar-refractivity contribution in [2.75, 3.05) is 18.4 Å². The zero-order valence-corrected chi connectivity index (χ0v) is 12.0. The summed E-state index contributed by atoms with van der Waals surface area (Å²) in [5, 5.41) is 2.72. The number of anilines is 1. The Labute approximate surface area is 120 Å². The SMILES string of the molecule is CC(=O)Nc1ccc(CC(=O)N2CCCCCC2)cc1. The van der Waals surface area contributed by atoms with Gasteiger partial charge < -0.3 is 10.2 Å². The highest BCUT2D eigenvalue weighted by atomic mass is 16.2. The van der Waals surface area contributed by atoms with E-state index in [4.69, 9.17) is 0 Å². The fourth-order valence-electron chi connectivity index (χ4n) is 2.52. The number of hydrogen-bond donors (Lipinski definition) is 1. The van der Waals surface area contributed by atoms with Crippen molar-refractivity contribution < 1.29 is 9.59 Å². The molecule has 0 aromatic heterocycles. The summed E-state index contributed by atoms with van der Waals surface area (Å²) in [5.41, 5.74) is 1.76. The van der Waals surface area contributed by atoms with Gasteiger partial charge in [-0.2, -0.15) is 0 Å². The second-order valence-electron chi connectivity index (χ2n) is 5.35. The number of rotatable bonds is 3. The van der Waals surface area contributed by atoms with E-state index in [2.05, 4.69) is 5.32 Å². The molecular formula is C16H22N2O2. The zero-order valence-electron chi connectivity index (χ0n) is 12.0. The lowest BCUT2D eigenvalue weighted by molar-refractivity contribution is -0.130. The molecule has 0 spiro atoms. The largest absolute Gasteiger partial charge is 0.342 e. The molecule has 1 fully saturated rings.